The summed E-state index contributed by atoms with van der Waals surface area (Å²) in [4.78, 5) is 11.0. The first-order valence-corrected chi connectivity index (χ1v) is 6.49. The van der Waals surface area contributed by atoms with Crippen molar-refractivity contribution in [2.75, 3.05) is 13.2 Å². The number of halogens is 1. The third kappa shape index (κ3) is 1.70. The molecule has 2 atom stereocenters. The summed E-state index contributed by atoms with van der Waals surface area (Å²) in [5, 5.41) is 9.06. The zero-order chi connectivity index (χ0) is 12.0. The lowest BCUT2D eigenvalue weighted by Crippen LogP contribution is -2.49. The highest BCUT2D eigenvalue weighted by atomic mass is 79.9. The number of ether oxygens (including phenoxy) is 1. The molecule has 1 N–H and O–H groups in total. The Kier molecular flexibility index (Phi) is 2.52. The number of carboxylic acids is 1. The summed E-state index contributed by atoms with van der Waals surface area (Å²) < 4.78 is 6.39. The topological polar surface area (TPSA) is 46.5 Å². The van der Waals surface area contributed by atoms with Crippen LogP contribution in [0.4, 0.5) is 0 Å². The zero-order valence-corrected chi connectivity index (χ0v) is 10.8. The van der Waals surface area contributed by atoms with Crippen molar-refractivity contribution < 1.29 is 14.6 Å². The lowest BCUT2D eigenvalue weighted by atomic mass is 9.73. The van der Waals surface area contributed by atoms with Gasteiger partial charge in [0, 0.05) is 9.89 Å². The molecule has 17 heavy (non-hydrogen) atoms. The third-order valence-electron chi connectivity index (χ3n) is 3.94. The molecule has 1 saturated carbocycles. The summed E-state index contributed by atoms with van der Waals surface area (Å²) in [7, 11) is 0. The molecule has 1 aromatic carbocycles. The van der Waals surface area contributed by atoms with E-state index in [-0.39, 0.29) is 17.3 Å². The van der Waals surface area contributed by atoms with Crippen molar-refractivity contribution in [3.05, 3.63) is 34.3 Å². The van der Waals surface area contributed by atoms with E-state index in [2.05, 4.69) is 28.1 Å². The summed E-state index contributed by atoms with van der Waals surface area (Å²) >= 11 is 3.46. The van der Waals surface area contributed by atoms with Gasteiger partial charge in [-0.2, -0.15) is 0 Å². The van der Waals surface area contributed by atoms with Crippen molar-refractivity contribution in [2.24, 2.45) is 11.8 Å². The van der Waals surface area contributed by atoms with Crippen LogP contribution in [0.2, 0.25) is 0 Å². The van der Waals surface area contributed by atoms with Gasteiger partial charge in [0.05, 0.1) is 19.1 Å². The molecule has 0 bridgehead atoms. The zero-order valence-electron chi connectivity index (χ0n) is 9.23. The van der Waals surface area contributed by atoms with Crippen LogP contribution in [0.1, 0.15) is 12.0 Å². The predicted octanol–water partition coefficient (Wildman–Crippen LogP) is 2.44. The minimum atomic E-state index is -0.670. The number of hydrogen-bond acceptors (Lipinski definition) is 2. The number of benzene rings is 1. The first kappa shape index (κ1) is 11.2. The van der Waals surface area contributed by atoms with Gasteiger partial charge in [-0.1, -0.05) is 28.1 Å². The first-order chi connectivity index (χ1) is 8.13. The molecule has 0 amide bonds. The Bertz CT molecular complexity index is 467. The Balaban J connectivity index is 1.91. The molecule has 0 aromatic heterocycles. The van der Waals surface area contributed by atoms with Crippen LogP contribution in [0, 0.1) is 11.8 Å². The summed E-state index contributed by atoms with van der Waals surface area (Å²) in [5.74, 6) is -0.614. The second kappa shape index (κ2) is 3.82. The largest absolute Gasteiger partial charge is 0.481 e. The molecule has 1 aromatic rings. The van der Waals surface area contributed by atoms with E-state index in [9.17, 15) is 4.79 Å². The second-order valence-electron chi connectivity index (χ2n) is 4.95. The van der Waals surface area contributed by atoms with E-state index in [1.807, 2.05) is 12.1 Å². The maximum absolute atomic E-state index is 11.0. The van der Waals surface area contributed by atoms with Gasteiger partial charge in [-0.3, -0.25) is 4.79 Å². The van der Waals surface area contributed by atoms with E-state index >= 15 is 0 Å². The Morgan fingerprint density at radius 1 is 1.47 bits per heavy atom. The normalized spacial score (nSPS) is 29.5. The fraction of sp³-hybridized carbons (Fsp3) is 0.462. The molecule has 3 rings (SSSR count). The summed E-state index contributed by atoms with van der Waals surface area (Å²) in [6, 6.07) is 8.14. The van der Waals surface area contributed by atoms with Crippen LogP contribution in [-0.2, 0) is 14.9 Å². The second-order valence-corrected chi connectivity index (χ2v) is 5.86. The van der Waals surface area contributed by atoms with Crippen LogP contribution in [0.15, 0.2) is 28.7 Å². The van der Waals surface area contributed by atoms with Crippen LogP contribution >= 0.6 is 15.9 Å². The summed E-state index contributed by atoms with van der Waals surface area (Å²) in [6.45, 7) is 1.30. The maximum Gasteiger partial charge on any atom is 0.306 e. The van der Waals surface area contributed by atoms with Gasteiger partial charge in [-0.05, 0) is 30.0 Å². The number of rotatable bonds is 3. The highest BCUT2D eigenvalue weighted by molar-refractivity contribution is 9.10. The van der Waals surface area contributed by atoms with Gasteiger partial charge in [-0.25, -0.2) is 0 Å². The van der Waals surface area contributed by atoms with Gasteiger partial charge in [0.2, 0.25) is 0 Å². The van der Waals surface area contributed by atoms with Crippen LogP contribution < -0.4 is 0 Å². The number of carboxylic acid groups (broad SMARTS) is 1. The Morgan fingerprint density at radius 2 is 2.24 bits per heavy atom. The number of hydrogen-bond donors (Lipinski definition) is 1. The first-order valence-electron chi connectivity index (χ1n) is 5.70. The lowest BCUT2D eigenvalue weighted by molar-refractivity contribution is -0.140. The van der Waals surface area contributed by atoms with E-state index in [1.54, 1.807) is 0 Å². The third-order valence-corrected chi connectivity index (χ3v) is 4.43. The summed E-state index contributed by atoms with van der Waals surface area (Å²) in [6.07, 6.45) is 0.783. The van der Waals surface area contributed by atoms with Gasteiger partial charge in [-0.15, -0.1) is 0 Å². The summed E-state index contributed by atoms with van der Waals surface area (Å²) in [5.41, 5.74) is 1.14. The van der Waals surface area contributed by atoms with E-state index in [0.29, 0.717) is 13.2 Å². The standard InChI is InChI=1S/C13H13BrO3/c14-9-3-1-2-8(4-9)13(6-17-7-13)11-5-10(11)12(15)16/h1-4,10-11H,5-7H2,(H,15,16). The van der Waals surface area contributed by atoms with Crippen molar-refractivity contribution in [3.8, 4) is 0 Å². The molecule has 3 nitrogen and oxygen atoms in total. The number of aliphatic carboxylic acids is 1. The van der Waals surface area contributed by atoms with Crippen molar-refractivity contribution in [1.82, 2.24) is 0 Å². The highest BCUT2D eigenvalue weighted by Crippen LogP contribution is 2.55. The SMILES string of the molecule is O=C(O)C1CC1C1(c2cccc(Br)c2)COC1. The molecule has 90 valence electrons. The molecular weight excluding hydrogens is 284 g/mol. The molecule has 0 spiro atoms. The molecule has 2 aliphatic rings. The van der Waals surface area contributed by atoms with E-state index < -0.39 is 5.97 Å². The molecule has 2 fully saturated rings. The molecule has 2 unspecified atom stereocenters. The minimum Gasteiger partial charge on any atom is -0.481 e. The van der Waals surface area contributed by atoms with Crippen LogP contribution in [0.3, 0.4) is 0 Å². The lowest BCUT2D eigenvalue weighted by Gasteiger charge is -2.43. The average molecular weight is 297 g/mol. The van der Waals surface area contributed by atoms with E-state index in [1.165, 1.54) is 5.56 Å². The van der Waals surface area contributed by atoms with Gasteiger partial charge in [0.1, 0.15) is 0 Å². The van der Waals surface area contributed by atoms with E-state index in [0.717, 1.165) is 10.9 Å². The van der Waals surface area contributed by atoms with Crippen molar-refractivity contribution in [3.63, 3.8) is 0 Å². The van der Waals surface area contributed by atoms with Gasteiger partial charge >= 0.3 is 5.97 Å². The smallest absolute Gasteiger partial charge is 0.306 e. The molecule has 1 saturated heterocycles. The molecule has 0 radical (unpaired) electrons. The molecule has 1 aliphatic heterocycles. The number of carbonyl (C=O) groups is 1. The fourth-order valence-corrected chi connectivity index (χ4v) is 3.19. The minimum absolute atomic E-state index is 0.0627. The molecule has 1 aliphatic carbocycles. The predicted molar refractivity (Wildman–Crippen MR) is 65.9 cm³/mol. The van der Waals surface area contributed by atoms with Crippen molar-refractivity contribution >= 4 is 21.9 Å². The highest BCUT2D eigenvalue weighted by Gasteiger charge is 2.60. The average Bonchev–Trinajstić information content (AvgIpc) is 2.96. The van der Waals surface area contributed by atoms with Gasteiger partial charge in [0.15, 0.2) is 0 Å². The fourth-order valence-electron chi connectivity index (χ4n) is 2.79. The Labute approximate surface area is 108 Å². The van der Waals surface area contributed by atoms with Gasteiger partial charge in [0.25, 0.3) is 0 Å². The molecule has 1 heterocycles. The van der Waals surface area contributed by atoms with Crippen molar-refractivity contribution in [2.45, 2.75) is 11.8 Å². The van der Waals surface area contributed by atoms with Crippen LogP contribution in [0.25, 0.3) is 0 Å². The quantitative estimate of drug-likeness (QED) is 0.932. The Morgan fingerprint density at radius 3 is 2.71 bits per heavy atom. The monoisotopic (exact) mass is 296 g/mol. The maximum atomic E-state index is 11.0. The van der Waals surface area contributed by atoms with E-state index in [4.69, 9.17) is 9.84 Å². The van der Waals surface area contributed by atoms with Crippen molar-refractivity contribution in [1.29, 1.82) is 0 Å². The van der Waals surface area contributed by atoms with Crippen LogP contribution in [0.5, 0.6) is 0 Å². The molecule has 4 heteroatoms. The molecular formula is C13H13BrO3. The van der Waals surface area contributed by atoms with Gasteiger partial charge < -0.3 is 9.84 Å². The van der Waals surface area contributed by atoms with Crippen LogP contribution in [-0.4, -0.2) is 24.3 Å². The Hall–Kier alpha value is -0.870.